The maximum Gasteiger partial charge on any atom is 0.460 e. The molecule has 1 saturated heterocycles. The summed E-state index contributed by atoms with van der Waals surface area (Å²) < 4.78 is 39.6. The molecule has 0 saturated carbocycles. The lowest BCUT2D eigenvalue weighted by Gasteiger charge is -2.38. The summed E-state index contributed by atoms with van der Waals surface area (Å²) in [6, 6.07) is 8.45. The van der Waals surface area contributed by atoms with Gasteiger partial charge in [-0.1, -0.05) is 30.3 Å². The maximum atomic E-state index is 13.2. The highest BCUT2D eigenvalue weighted by Gasteiger charge is 2.42. The highest BCUT2D eigenvalue weighted by Crippen LogP contribution is 2.30. The second-order valence-corrected chi connectivity index (χ2v) is 5.12. The van der Waals surface area contributed by atoms with E-state index < -0.39 is 12.3 Å². The highest BCUT2D eigenvalue weighted by atomic mass is 19.4. The maximum absolute atomic E-state index is 13.2. The summed E-state index contributed by atoms with van der Waals surface area (Å²) in [4.78, 5) is 2.77. The van der Waals surface area contributed by atoms with Gasteiger partial charge in [0.25, 0.3) is 0 Å². The van der Waals surface area contributed by atoms with Crippen molar-refractivity contribution in [2.45, 2.75) is 31.7 Å². The smallest absolute Gasteiger partial charge is 0.306 e. The van der Waals surface area contributed by atoms with Crippen molar-refractivity contribution in [3.05, 3.63) is 35.9 Å². The van der Waals surface area contributed by atoms with E-state index in [0.717, 1.165) is 13.1 Å². The van der Waals surface area contributed by atoms with E-state index in [1.807, 2.05) is 13.1 Å². The predicted octanol–water partition coefficient (Wildman–Crippen LogP) is 3.10. The molecule has 1 aromatic rings. The Balaban J connectivity index is 2.08. The third-order valence-corrected chi connectivity index (χ3v) is 3.65. The molecule has 19 heavy (non-hydrogen) atoms. The fraction of sp³-hybridized carbons (Fsp3) is 0.571. The molecule has 1 heterocycles. The van der Waals surface area contributed by atoms with Crippen LogP contribution in [0.25, 0.3) is 0 Å². The minimum absolute atomic E-state index is 0.0568. The van der Waals surface area contributed by atoms with E-state index in [1.165, 1.54) is 0 Å². The molecular weight excluding hydrogens is 253 g/mol. The van der Waals surface area contributed by atoms with Crippen molar-refractivity contribution in [2.75, 3.05) is 20.1 Å². The number of piperidine rings is 1. The van der Waals surface area contributed by atoms with Gasteiger partial charge in [-0.05, 0) is 38.5 Å². The molecule has 0 spiro atoms. The summed E-state index contributed by atoms with van der Waals surface area (Å²) >= 11 is 0. The summed E-state index contributed by atoms with van der Waals surface area (Å²) in [5.74, 6) is 0. The predicted molar refractivity (Wildman–Crippen MR) is 68.6 cm³/mol. The molecule has 2 rings (SSSR count). The zero-order valence-corrected chi connectivity index (χ0v) is 11.0. The molecular formula is C14H19F3N2. The summed E-state index contributed by atoms with van der Waals surface area (Å²) in [5, 5.41) is 0. The van der Waals surface area contributed by atoms with Crippen LogP contribution in [0.2, 0.25) is 0 Å². The van der Waals surface area contributed by atoms with Crippen LogP contribution in [0.15, 0.2) is 30.3 Å². The van der Waals surface area contributed by atoms with Crippen molar-refractivity contribution < 1.29 is 13.2 Å². The van der Waals surface area contributed by atoms with Crippen LogP contribution in [-0.2, 0) is 6.54 Å². The van der Waals surface area contributed by atoms with Crippen molar-refractivity contribution in [1.82, 2.24) is 9.80 Å². The number of likely N-dealkylation sites (tertiary alicyclic amines) is 1. The molecule has 1 aliphatic rings. The van der Waals surface area contributed by atoms with Crippen LogP contribution in [0, 0.1) is 0 Å². The SMILES string of the molecule is CN1CCC(N(Cc2ccccc2)C(F)(F)F)CC1. The minimum Gasteiger partial charge on any atom is -0.306 e. The van der Waals surface area contributed by atoms with E-state index in [4.69, 9.17) is 0 Å². The van der Waals surface area contributed by atoms with Gasteiger partial charge in [0.05, 0.1) is 0 Å². The summed E-state index contributed by atoms with van der Waals surface area (Å²) in [7, 11) is 1.95. The van der Waals surface area contributed by atoms with Crippen molar-refractivity contribution in [2.24, 2.45) is 0 Å². The molecule has 1 aromatic carbocycles. The Bertz CT molecular complexity index is 383. The van der Waals surface area contributed by atoms with Crippen LogP contribution in [0.4, 0.5) is 13.2 Å². The first-order chi connectivity index (χ1) is 8.97. The van der Waals surface area contributed by atoms with Gasteiger partial charge >= 0.3 is 6.30 Å². The fourth-order valence-corrected chi connectivity index (χ4v) is 2.51. The third-order valence-electron chi connectivity index (χ3n) is 3.65. The average molecular weight is 272 g/mol. The number of hydrogen-bond acceptors (Lipinski definition) is 2. The van der Waals surface area contributed by atoms with Gasteiger partial charge in [-0.15, -0.1) is 0 Å². The first kappa shape index (κ1) is 14.3. The number of alkyl halides is 3. The van der Waals surface area contributed by atoms with E-state index in [2.05, 4.69) is 4.90 Å². The Morgan fingerprint density at radius 3 is 2.26 bits per heavy atom. The molecule has 5 heteroatoms. The standard InChI is InChI=1S/C14H19F3N2/c1-18-9-7-13(8-10-18)19(14(15,16)17)11-12-5-3-2-4-6-12/h2-6,13H,7-11H2,1H3. The first-order valence-electron chi connectivity index (χ1n) is 6.53. The van der Waals surface area contributed by atoms with Crippen LogP contribution >= 0.6 is 0 Å². The topological polar surface area (TPSA) is 6.48 Å². The number of halogens is 3. The molecule has 106 valence electrons. The van der Waals surface area contributed by atoms with Crippen molar-refractivity contribution in [3.8, 4) is 0 Å². The van der Waals surface area contributed by atoms with Gasteiger partial charge in [0.2, 0.25) is 0 Å². The van der Waals surface area contributed by atoms with Gasteiger partial charge in [0.15, 0.2) is 0 Å². The Kier molecular flexibility index (Phi) is 4.47. The van der Waals surface area contributed by atoms with Gasteiger partial charge in [0.1, 0.15) is 0 Å². The molecule has 0 bridgehead atoms. The van der Waals surface area contributed by atoms with Gasteiger partial charge in [0, 0.05) is 12.6 Å². The van der Waals surface area contributed by atoms with Gasteiger partial charge in [-0.2, -0.15) is 13.2 Å². The highest BCUT2D eigenvalue weighted by molar-refractivity contribution is 5.14. The third kappa shape index (κ3) is 3.94. The lowest BCUT2D eigenvalue weighted by molar-refractivity contribution is -0.265. The van der Waals surface area contributed by atoms with Gasteiger partial charge in [-0.25, -0.2) is 4.90 Å². The molecule has 1 fully saturated rings. The van der Waals surface area contributed by atoms with Crippen LogP contribution in [0.3, 0.4) is 0 Å². The molecule has 0 N–H and O–H groups in total. The van der Waals surface area contributed by atoms with Crippen LogP contribution in [0.5, 0.6) is 0 Å². The Morgan fingerprint density at radius 1 is 1.16 bits per heavy atom. The van der Waals surface area contributed by atoms with Gasteiger partial charge in [-0.3, -0.25) is 0 Å². The molecule has 0 aromatic heterocycles. The van der Waals surface area contributed by atoms with E-state index >= 15 is 0 Å². The second-order valence-electron chi connectivity index (χ2n) is 5.12. The monoisotopic (exact) mass is 272 g/mol. The Morgan fingerprint density at radius 2 is 1.74 bits per heavy atom. The fourth-order valence-electron chi connectivity index (χ4n) is 2.51. The summed E-state index contributed by atoms with van der Waals surface area (Å²) in [6.07, 6.45) is -3.12. The summed E-state index contributed by atoms with van der Waals surface area (Å²) in [5.41, 5.74) is 0.707. The molecule has 0 radical (unpaired) electrons. The summed E-state index contributed by atoms with van der Waals surface area (Å²) in [6.45, 7) is 1.40. The first-order valence-corrected chi connectivity index (χ1v) is 6.53. The lowest BCUT2D eigenvalue weighted by atomic mass is 10.0. The van der Waals surface area contributed by atoms with Crippen molar-refractivity contribution in [3.63, 3.8) is 0 Å². The van der Waals surface area contributed by atoms with E-state index in [0.29, 0.717) is 23.3 Å². The van der Waals surface area contributed by atoms with Crippen LogP contribution in [-0.4, -0.2) is 42.3 Å². The molecule has 0 aliphatic carbocycles. The number of hydrogen-bond donors (Lipinski definition) is 0. The number of benzene rings is 1. The largest absolute Gasteiger partial charge is 0.460 e. The zero-order chi connectivity index (χ0) is 13.9. The lowest BCUT2D eigenvalue weighted by Crippen LogP contribution is -2.49. The quantitative estimate of drug-likeness (QED) is 0.780. The van der Waals surface area contributed by atoms with Crippen molar-refractivity contribution >= 4 is 0 Å². The molecule has 0 amide bonds. The van der Waals surface area contributed by atoms with Crippen LogP contribution in [0.1, 0.15) is 18.4 Å². The molecule has 0 atom stereocenters. The van der Waals surface area contributed by atoms with E-state index in [9.17, 15) is 13.2 Å². The van der Waals surface area contributed by atoms with Crippen molar-refractivity contribution in [1.29, 1.82) is 0 Å². The van der Waals surface area contributed by atoms with E-state index in [-0.39, 0.29) is 6.54 Å². The van der Waals surface area contributed by atoms with E-state index in [1.54, 1.807) is 24.3 Å². The molecule has 0 unspecified atom stereocenters. The number of rotatable bonds is 3. The average Bonchev–Trinajstić information content (AvgIpc) is 2.37. The Hall–Kier alpha value is -1.07. The molecule has 1 aliphatic heterocycles. The minimum atomic E-state index is -4.27. The second kappa shape index (κ2) is 5.92. The van der Waals surface area contributed by atoms with Gasteiger partial charge < -0.3 is 4.90 Å². The number of nitrogens with zero attached hydrogens (tertiary/aromatic N) is 2. The zero-order valence-electron chi connectivity index (χ0n) is 11.0. The normalized spacial score (nSPS) is 19.0. The molecule has 2 nitrogen and oxygen atoms in total. The Labute approximate surface area is 111 Å². The van der Waals surface area contributed by atoms with Crippen LogP contribution < -0.4 is 0 Å².